The molecule has 5 nitrogen and oxygen atoms in total. The van der Waals surface area contributed by atoms with Crippen molar-refractivity contribution in [2.75, 3.05) is 26.4 Å². The lowest BCUT2D eigenvalue weighted by atomic mass is 10.1. The standard InChI is InChI=1S/C16H25NO4S/c1-6-21-14-9-13(3)15(10-12(14)2)22(18,19)17-7-8-20-11-16(17,4)5/h9-10H,6-8,11H2,1-5H3. The highest BCUT2D eigenvalue weighted by Gasteiger charge is 2.40. The molecule has 0 radical (unpaired) electrons. The first-order valence-electron chi connectivity index (χ1n) is 7.55. The third-order valence-corrected chi connectivity index (χ3v) is 6.16. The van der Waals surface area contributed by atoms with Crippen LogP contribution in [0.3, 0.4) is 0 Å². The number of ether oxygens (including phenoxy) is 2. The minimum Gasteiger partial charge on any atom is -0.494 e. The Kier molecular flexibility index (Phi) is 4.84. The predicted molar refractivity (Wildman–Crippen MR) is 85.9 cm³/mol. The van der Waals surface area contributed by atoms with Gasteiger partial charge in [-0.2, -0.15) is 4.31 Å². The van der Waals surface area contributed by atoms with Gasteiger partial charge in [0.05, 0.1) is 30.3 Å². The van der Waals surface area contributed by atoms with E-state index in [1.807, 2.05) is 34.6 Å². The average Bonchev–Trinajstić information content (AvgIpc) is 2.41. The summed E-state index contributed by atoms with van der Waals surface area (Å²) in [5, 5.41) is 0. The van der Waals surface area contributed by atoms with Gasteiger partial charge in [-0.3, -0.25) is 0 Å². The molecule has 22 heavy (non-hydrogen) atoms. The largest absolute Gasteiger partial charge is 0.494 e. The lowest BCUT2D eigenvalue weighted by molar-refractivity contribution is -0.00772. The van der Waals surface area contributed by atoms with Gasteiger partial charge in [-0.1, -0.05) is 0 Å². The van der Waals surface area contributed by atoms with Gasteiger partial charge in [-0.25, -0.2) is 8.42 Å². The summed E-state index contributed by atoms with van der Waals surface area (Å²) < 4.78 is 38.7. The van der Waals surface area contributed by atoms with Crippen LogP contribution in [0.2, 0.25) is 0 Å². The van der Waals surface area contributed by atoms with E-state index in [1.165, 1.54) is 0 Å². The van der Waals surface area contributed by atoms with Crippen molar-refractivity contribution in [3.05, 3.63) is 23.3 Å². The molecule has 1 aliphatic heterocycles. The molecule has 0 spiro atoms. The third kappa shape index (κ3) is 3.14. The van der Waals surface area contributed by atoms with E-state index in [4.69, 9.17) is 9.47 Å². The van der Waals surface area contributed by atoms with Crippen LogP contribution in [0.1, 0.15) is 31.9 Å². The van der Waals surface area contributed by atoms with Crippen molar-refractivity contribution in [2.24, 2.45) is 0 Å². The quantitative estimate of drug-likeness (QED) is 0.852. The fourth-order valence-electron chi connectivity index (χ4n) is 2.76. The summed E-state index contributed by atoms with van der Waals surface area (Å²) in [7, 11) is -3.56. The highest BCUT2D eigenvalue weighted by molar-refractivity contribution is 7.89. The third-order valence-electron chi connectivity index (χ3n) is 3.91. The van der Waals surface area contributed by atoms with Crippen LogP contribution in [0.25, 0.3) is 0 Å². The van der Waals surface area contributed by atoms with Crippen LogP contribution in [0.5, 0.6) is 5.75 Å². The second-order valence-electron chi connectivity index (χ2n) is 6.26. The fourth-order valence-corrected chi connectivity index (χ4v) is 4.81. The molecule has 1 aromatic carbocycles. The molecule has 1 heterocycles. The Balaban J connectivity index is 2.48. The molecule has 0 N–H and O–H groups in total. The Morgan fingerprint density at radius 3 is 2.55 bits per heavy atom. The molecule has 124 valence electrons. The van der Waals surface area contributed by atoms with Crippen LogP contribution in [0, 0.1) is 13.8 Å². The smallest absolute Gasteiger partial charge is 0.243 e. The zero-order chi connectivity index (χ0) is 16.5. The van der Waals surface area contributed by atoms with Crippen LogP contribution in [-0.4, -0.2) is 44.6 Å². The molecule has 1 aromatic rings. The first kappa shape index (κ1) is 17.2. The maximum Gasteiger partial charge on any atom is 0.243 e. The molecule has 0 atom stereocenters. The Bertz CT molecular complexity index is 652. The van der Waals surface area contributed by atoms with Gasteiger partial charge in [0, 0.05) is 6.54 Å². The molecule has 0 bridgehead atoms. The Hall–Kier alpha value is -1.11. The molecule has 0 aromatic heterocycles. The van der Waals surface area contributed by atoms with Crippen molar-refractivity contribution in [3.8, 4) is 5.75 Å². The monoisotopic (exact) mass is 327 g/mol. The zero-order valence-electron chi connectivity index (χ0n) is 14.0. The summed E-state index contributed by atoms with van der Waals surface area (Å²) in [4.78, 5) is 0.350. The normalized spacial score (nSPS) is 19.1. The number of morpholine rings is 1. The number of hydrogen-bond acceptors (Lipinski definition) is 4. The van der Waals surface area contributed by atoms with Crippen LogP contribution >= 0.6 is 0 Å². The predicted octanol–water partition coefficient (Wildman–Crippen LogP) is 2.50. The van der Waals surface area contributed by atoms with E-state index in [0.29, 0.717) is 36.8 Å². The molecular weight excluding hydrogens is 302 g/mol. The number of nitrogens with zero attached hydrogens (tertiary/aromatic N) is 1. The summed E-state index contributed by atoms with van der Waals surface area (Å²) in [6, 6.07) is 3.51. The lowest BCUT2D eigenvalue weighted by Crippen LogP contribution is -2.55. The highest BCUT2D eigenvalue weighted by atomic mass is 32.2. The number of sulfonamides is 1. The minimum atomic E-state index is -3.56. The molecule has 1 saturated heterocycles. The van der Waals surface area contributed by atoms with E-state index in [-0.39, 0.29) is 0 Å². The van der Waals surface area contributed by atoms with Gasteiger partial charge in [-0.15, -0.1) is 0 Å². The van der Waals surface area contributed by atoms with Crippen molar-refractivity contribution in [2.45, 2.75) is 45.1 Å². The van der Waals surface area contributed by atoms with Gasteiger partial charge < -0.3 is 9.47 Å². The first-order valence-corrected chi connectivity index (χ1v) is 8.99. The van der Waals surface area contributed by atoms with Gasteiger partial charge >= 0.3 is 0 Å². The number of rotatable bonds is 4. The molecule has 1 fully saturated rings. The summed E-state index contributed by atoms with van der Waals surface area (Å²) in [6.07, 6.45) is 0. The second-order valence-corrected chi connectivity index (χ2v) is 8.09. The zero-order valence-corrected chi connectivity index (χ0v) is 14.8. The topological polar surface area (TPSA) is 55.8 Å². The van der Waals surface area contributed by atoms with E-state index in [1.54, 1.807) is 16.4 Å². The average molecular weight is 327 g/mol. The molecule has 0 saturated carbocycles. The first-order chi connectivity index (χ1) is 10.2. The van der Waals surface area contributed by atoms with Crippen LogP contribution < -0.4 is 4.74 Å². The van der Waals surface area contributed by atoms with Crippen molar-refractivity contribution >= 4 is 10.0 Å². The molecule has 2 rings (SSSR count). The Labute approximate surface area is 133 Å². The molecule has 0 aliphatic carbocycles. The van der Waals surface area contributed by atoms with Gasteiger partial charge in [0.15, 0.2) is 0 Å². The summed E-state index contributed by atoms with van der Waals surface area (Å²) in [5.74, 6) is 0.736. The van der Waals surface area contributed by atoms with E-state index in [2.05, 4.69) is 0 Å². The highest BCUT2D eigenvalue weighted by Crippen LogP contribution is 2.32. The molecular formula is C16H25NO4S. The molecule has 0 unspecified atom stereocenters. The van der Waals surface area contributed by atoms with Gasteiger partial charge in [0.2, 0.25) is 10.0 Å². The maximum absolute atomic E-state index is 13.1. The minimum absolute atomic E-state index is 0.350. The second kappa shape index (κ2) is 6.18. The summed E-state index contributed by atoms with van der Waals surface area (Å²) in [5.41, 5.74) is 0.990. The van der Waals surface area contributed by atoms with Crippen LogP contribution in [0.15, 0.2) is 17.0 Å². The maximum atomic E-state index is 13.1. The fraction of sp³-hybridized carbons (Fsp3) is 0.625. The lowest BCUT2D eigenvalue weighted by Gasteiger charge is -2.41. The van der Waals surface area contributed by atoms with Crippen molar-refractivity contribution in [1.82, 2.24) is 4.31 Å². The van der Waals surface area contributed by atoms with Gasteiger partial charge in [0.25, 0.3) is 0 Å². The SMILES string of the molecule is CCOc1cc(C)c(S(=O)(=O)N2CCOCC2(C)C)cc1C. The molecule has 1 aliphatic rings. The van der Waals surface area contributed by atoms with Crippen molar-refractivity contribution in [1.29, 1.82) is 0 Å². The van der Waals surface area contributed by atoms with Crippen molar-refractivity contribution in [3.63, 3.8) is 0 Å². The van der Waals surface area contributed by atoms with Gasteiger partial charge in [0.1, 0.15) is 5.75 Å². The van der Waals surface area contributed by atoms with Crippen LogP contribution in [0.4, 0.5) is 0 Å². The number of hydrogen-bond donors (Lipinski definition) is 0. The molecule has 6 heteroatoms. The number of aryl methyl sites for hydroxylation is 2. The molecule has 0 amide bonds. The van der Waals surface area contributed by atoms with E-state index < -0.39 is 15.6 Å². The van der Waals surface area contributed by atoms with E-state index in [0.717, 1.165) is 11.3 Å². The summed E-state index contributed by atoms with van der Waals surface area (Å²) >= 11 is 0. The Morgan fingerprint density at radius 1 is 1.27 bits per heavy atom. The van der Waals surface area contributed by atoms with E-state index >= 15 is 0 Å². The number of benzene rings is 1. The van der Waals surface area contributed by atoms with E-state index in [9.17, 15) is 8.42 Å². The van der Waals surface area contributed by atoms with Gasteiger partial charge in [-0.05, 0) is 57.9 Å². The van der Waals surface area contributed by atoms with Crippen LogP contribution in [-0.2, 0) is 14.8 Å². The summed E-state index contributed by atoms with van der Waals surface area (Å²) in [6.45, 7) is 11.1. The Morgan fingerprint density at radius 2 is 1.95 bits per heavy atom. The van der Waals surface area contributed by atoms with Crippen molar-refractivity contribution < 1.29 is 17.9 Å².